The zero-order chi connectivity index (χ0) is 9.14. The fourth-order valence-electron chi connectivity index (χ4n) is 0.812. The molecule has 1 rings (SSSR count). The molecule has 0 saturated heterocycles. The monoisotopic (exact) mass is 236 g/mol. The first-order chi connectivity index (χ1) is 5.66. The highest BCUT2D eigenvalue weighted by Crippen LogP contribution is 2.22. The Morgan fingerprint density at radius 3 is 2.67 bits per heavy atom. The van der Waals surface area contributed by atoms with Crippen molar-refractivity contribution in [3.05, 3.63) is 33.8 Å². The van der Waals surface area contributed by atoms with Crippen LogP contribution in [0.4, 0.5) is 8.78 Å². The molecule has 5 heteroatoms. The minimum atomic E-state index is -0.886. The van der Waals surface area contributed by atoms with Crippen molar-refractivity contribution in [3.63, 3.8) is 0 Å². The number of halogens is 3. The minimum Gasteiger partial charge on any atom is -0.271 e. The highest BCUT2D eigenvalue weighted by Gasteiger charge is 2.09. The molecular weight excluding hydrogens is 230 g/mol. The van der Waals surface area contributed by atoms with E-state index in [1.54, 1.807) is 0 Å². The quantitative estimate of drug-likeness (QED) is 0.466. The Hall–Kier alpha value is -0.520. The maximum Gasteiger partial charge on any atom is 0.173 e. The van der Waals surface area contributed by atoms with Crippen molar-refractivity contribution in [2.45, 2.75) is 6.54 Å². The SMILES string of the molecule is NNCc1ccc(F)c(F)c1Br. The normalized spacial score (nSPS) is 10.3. The maximum atomic E-state index is 12.8. The van der Waals surface area contributed by atoms with Crippen LogP contribution < -0.4 is 11.3 Å². The zero-order valence-corrected chi connectivity index (χ0v) is 7.66. The van der Waals surface area contributed by atoms with Crippen molar-refractivity contribution in [2.24, 2.45) is 5.84 Å². The molecule has 0 aliphatic carbocycles. The van der Waals surface area contributed by atoms with Gasteiger partial charge in [0, 0.05) is 6.54 Å². The summed E-state index contributed by atoms with van der Waals surface area (Å²) in [6.07, 6.45) is 0. The van der Waals surface area contributed by atoms with E-state index >= 15 is 0 Å². The van der Waals surface area contributed by atoms with Gasteiger partial charge in [0.25, 0.3) is 0 Å². The fourth-order valence-corrected chi connectivity index (χ4v) is 1.27. The predicted molar refractivity (Wildman–Crippen MR) is 45.1 cm³/mol. The number of nitrogens with one attached hydrogen (secondary N) is 1. The lowest BCUT2D eigenvalue weighted by molar-refractivity contribution is 0.501. The number of hydrazine groups is 1. The van der Waals surface area contributed by atoms with E-state index in [2.05, 4.69) is 21.4 Å². The summed E-state index contributed by atoms with van der Waals surface area (Å²) in [6.45, 7) is 0.289. The van der Waals surface area contributed by atoms with E-state index in [9.17, 15) is 8.78 Å². The summed E-state index contributed by atoms with van der Waals surface area (Å²) in [5, 5.41) is 0. The molecule has 66 valence electrons. The molecule has 0 radical (unpaired) electrons. The highest BCUT2D eigenvalue weighted by atomic mass is 79.9. The van der Waals surface area contributed by atoms with Gasteiger partial charge in [-0.2, -0.15) is 0 Å². The van der Waals surface area contributed by atoms with Crippen molar-refractivity contribution in [3.8, 4) is 0 Å². The molecule has 0 heterocycles. The summed E-state index contributed by atoms with van der Waals surface area (Å²) in [4.78, 5) is 0. The van der Waals surface area contributed by atoms with E-state index in [0.717, 1.165) is 6.07 Å². The summed E-state index contributed by atoms with van der Waals surface area (Å²) >= 11 is 2.92. The van der Waals surface area contributed by atoms with Crippen molar-refractivity contribution < 1.29 is 8.78 Å². The van der Waals surface area contributed by atoms with Crippen LogP contribution in [0.3, 0.4) is 0 Å². The van der Waals surface area contributed by atoms with Crippen molar-refractivity contribution >= 4 is 15.9 Å². The van der Waals surface area contributed by atoms with Crippen LogP contribution in [0.15, 0.2) is 16.6 Å². The smallest absolute Gasteiger partial charge is 0.173 e. The van der Waals surface area contributed by atoms with Crippen LogP contribution in [0.2, 0.25) is 0 Å². The lowest BCUT2D eigenvalue weighted by atomic mass is 10.2. The zero-order valence-electron chi connectivity index (χ0n) is 6.07. The van der Waals surface area contributed by atoms with E-state index in [0.29, 0.717) is 5.56 Å². The minimum absolute atomic E-state index is 0.112. The molecule has 3 N–H and O–H groups in total. The molecule has 0 spiro atoms. The van der Waals surface area contributed by atoms with Crippen LogP contribution in [-0.4, -0.2) is 0 Å². The Labute approximate surface area is 76.9 Å². The lowest BCUT2D eigenvalue weighted by Gasteiger charge is -2.04. The number of rotatable bonds is 2. The maximum absolute atomic E-state index is 12.8. The molecule has 2 nitrogen and oxygen atoms in total. The van der Waals surface area contributed by atoms with Crippen LogP contribution in [-0.2, 0) is 6.54 Å². The first-order valence-corrected chi connectivity index (χ1v) is 4.02. The fraction of sp³-hybridized carbons (Fsp3) is 0.143. The van der Waals surface area contributed by atoms with Crippen LogP contribution in [0.5, 0.6) is 0 Å². The van der Waals surface area contributed by atoms with Crippen LogP contribution in [0.25, 0.3) is 0 Å². The Morgan fingerprint density at radius 2 is 2.08 bits per heavy atom. The first kappa shape index (κ1) is 9.57. The Balaban J connectivity index is 3.08. The van der Waals surface area contributed by atoms with Gasteiger partial charge < -0.3 is 0 Å². The van der Waals surface area contributed by atoms with Gasteiger partial charge >= 0.3 is 0 Å². The number of nitrogens with two attached hydrogens (primary N) is 1. The van der Waals surface area contributed by atoms with Gasteiger partial charge in [0.05, 0.1) is 4.47 Å². The van der Waals surface area contributed by atoms with Gasteiger partial charge in [0.15, 0.2) is 11.6 Å². The molecule has 0 atom stereocenters. The van der Waals surface area contributed by atoms with E-state index in [-0.39, 0.29) is 11.0 Å². The first-order valence-electron chi connectivity index (χ1n) is 3.22. The third-order valence-electron chi connectivity index (χ3n) is 1.41. The van der Waals surface area contributed by atoms with Crippen molar-refractivity contribution in [1.82, 2.24) is 5.43 Å². The average Bonchev–Trinajstić information content (AvgIpc) is 2.07. The Morgan fingerprint density at radius 1 is 1.42 bits per heavy atom. The van der Waals surface area contributed by atoms with Crippen LogP contribution >= 0.6 is 15.9 Å². The molecular formula is C7H7BrF2N2. The summed E-state index contributed by atoms with van der Waals surface area (Å²) in [6, 6.07) is 2.52. The molecule has 0 saturated carbocycles. The van der Waals surface area contributed by atoms with Crippen LogP contribution in [0.1, 0.15) is 5.56 Å². The van der Waals surface area contributed by atoms with Crippen molar-refractivity contribution in [2.75, 3.05) is 0 Å². The van der Waals surface area contributed by atoms with Gasteiger partial charge in [0.1, 0.15) is 0 Å². The summed E-state index contributed by atoms with van der Waals surface area (Å²) < 4.78 is 25.5. The van der Waals surface area contributed by atoms with Gasteiger partial charge in [-0.05, 0) is 27.6 Å². The lowest BCUT2D eigenvalue weighted by Crippen LogP contribution is -2.21. The predicted octanol–water partition coefficient (Wildman–Crippen LogP) is 1.69. The second-order valence-corrected chi connectivity index (χ2v) is 3.01. The van der Waals surface area contributed by atoms with Gasteiger partial charge in [-0.3, -0.25) is 11.3 Å². The second-order valence-electron chi connectivity index (χ2n) is 2.22. The standard InChI is InChI=1S/C7H7BrF2N2/c8-6-4(3-12-11)1-2-5(9)7(6)10/h1-2,12H,3,11H2. The number of benzene rings is 1. The van der Waals surface area contributed by atoms with Gasteiger partial charge in [-0.15, -0.1) is 0 Å². The van der Waals surface area contributed by atoms with Crippen LogP contribution in [0, 0.1) is 11.6 Å². The molecule has 1 aromatic carbocycles. The van der Waals surface area contributed by atoms with E-state index in [4.69, 9.17) is 5.84 Å². The number of hydrogen-bond donors (Lipinski definition) is 2. The topological polar surface area (TPSA) is 38.0 Å². The Kier molecular flexibility index (Phi) is 3.13. The molecule has 12 heavy (non-hydrogen) atoms. The molecule has 0 amide bonds. The average molecular weight is 237 g/mol. The largest absolute Gasteiger partial charge is 0.271 e. The molecule has 0 bridgehead atoms. The van der Waals surface area contributed by atoms with Gasteiger partial charge in [0.2, 0.25) is 0 Å². The van der Waals surface area contributed by atoms with E-state index in [1.165, 1.54) is 6.07 Å². The van der Waals surface area contributed by atoms with E-state index in [1.807, 2.05) is 0 Å². The molecule has 0 unspecified atom stereocenters. The molecule has 0 aromatic heterocycles. The molecule has 0 aliphatic rings. The van der Waals surface area contributed by atoms with E-state index < -0.39 is 11.6 Å². The van der Waals surface area contributed by atoms with Crippen molar-refractivity contribution in [1.29, 1.82) is 0 Å². The molecule has 0 fully saturated rings. The van der Waals surface area contributed by atoms with Gasteiger partial charge in [-0.25, -0.2) is 8.78 Å². The number of hydrogen-bond acceptors (Lipinski definition) is 2. The van der Waals surface area contributed by atoms with Gasteiger partial charge in [-0.1, -0.05) is 6.07 Å². The third kappa shape index (κ3) is 1.80. The summed E-state index contributed by atoms with van der Waals surface area (Å²) in [7, 11) is 0. The summed E-state index contributed by atoms with van der Waals surface area (Å²) in [5.74, 6) is 3.27. The summed E-state index contributed by atoms with van der Waals surface area (Å²) in [5.41, 5.74) is 2.93. The molecule has 1 aromatic rings. The highest BCUT2D eigenvalue weighted by molar-refractivity contribution is 9.10. The molecule has 0 aliphatic heterocycles. The third-order valence-corrected chi connectivity index (χ3v) is 2.27. The second kappa shape index (κ2) is 3.93. The Bertz CT molecular complexity index is 291.